The second kappa shape index (κ2) is 3.97. The lowest BCUT2D eigenvalue weighted by molar-refractivity contribution is 0.371. The molecule has 0 spiro atoms. The van der Waals surface area contributed by atoms with Crippen molar-refractivity contribution in [3.63, 3.8) is 0 Å². The first-order valence-corrected chi connectivity index (χ1v) is 4.50. The molecule has 0 aliphatic rings. The van der Waals surface area contributed by atoms with Gasteiger partial charge in [0.15, 0.2) is 0 Å². The van der Waals surface area contributed by atoms with Gasteiger partial charge in [-0.1, -0.05) is 34.1 Å². The maximum absolute atomic E-state index is 5.80. The Bertz CT molecular complexity index is 309. The zero-order chi connectivity index (χ0) is 9.14. The summed E-state index contributed by atoms with van der Waals surface area (Å²) in [5.41, 5.74) is 0.880. The Morgan fingerprint density at radius 1 is 1.58 bits per heavy atom. The van der Waals surface area contributed by atoms with Crippen molar-refractivity contribution in [2.24, 2.45) is 0 Å². The average molecular weight is 248 g/mol. The molecule has 0 fully saturated rings. The van der Waals surface area contributed by atoms with Gasteiger partial charge in [0, 0.05) is 15.1 Å². The van der Waals surface area contributed by atoms with Crippen molar-refractivity contribution in [3.8, 4) is 0 Å². The maximum Gasteiger partial charge on any atom is 0.120 e. The fourth-order valence-electron chi connectivity index (χ4n) is 0.821. The quantitative estimate of drug-likeness (QED) is 0.724. The zero-order valence-electron chi connectivity index (χ0n) is 6.60. The van der Waals surface area contributed by atoms with Crippen LogP contribution >= 0.6 is 27.5 Å². The molecular weight excluding hydrogens is 239 g/mol. The van der Waals surface area contributed by atoms with Gasteiger partial charge in [0.25, 0.3) is 0 Å². The van der Waals surface area contributed by atoms with E-state index in [4.69, 9.17) is 16.3 Å². The third-order valence-corrected chi connectivity index (χ3v) is 2.40. The lowest BCUT2D eigenvalue weighted by atomic mass is 10.2. The second-order valence-electron chi connectivity index (χ2n) is 2.25. The van der Waals surface area contributed by atoms with Crippen molar-refractivity contribution in [1.29, 1.82) is 0 Å². The van der Waals surface area contributed by atoms with E-state index in [1.165, 1.54) is 0 Å². The van der Waals surface area contributed by atoms with Crippen LogP contribution in [0.4, 0.5) is 0 Å². The van der Waals surface area contributed by atoms with Gasteiger partial charge in [-0.3, -0.25) is 0 Å². The minimum absolute atomic E-state index is 0.601. The number of methoxy groups -OCH3 is 1. The summed E-state index contributed by atoms with van der Waals surface area (Å²) < 4.78 is 5.92. The van der Waals surface area contributed by atoms with Gasteiger partial charge in [-0.05, 0) is 18.2 Å². The summed E-state index contributed by atoms with van der Waals surface area (Å²) in [6, 6.07) is 5.47. The first-order valence-electron chi connectivity index (χ1n) is 3.33. The molecule has 0 heterocycles. The van der Waals surface area contributed by atoms with Crippen LogP contribution in [0.5, 0.6) is 0 Å². The number of rotatable bonds is 2. The van der Waals surface area contributed by atoms with Gasteiger partial charge < -0.3 is 4.74 Å². The van der Waals surface area contributed by atoms with Crippen LogP contribution in [0.2, 0.25) is 5.02 Å². The highest BCUT2D eigenvalue weighted by atomic mass is 79.9. The normalized spacial score (nSPS) is 9.58. The molecule has 0 saturated carbocycles. The van der Waals surface area contributed by atoms with Crippen molar-refractivity contribution in [1.82, 2.24) is 0 Å². The van der Waals surface area contributed by atoms with Crippen LogP contribution in [0.3, 0.4) is 0 Å². The molecule has 0 atom stereocenters. The van der Waals surface area contributed by atoms with Crippen LogP contribution < -0.4 is 0 Å². The molecule has 64 valence electrons. The molecule has 1 aromatic rings. The van der Waals surface area contributed by atoms with E-state index in [2.05, 4.69) is 22.5 Å². The molecule has 0 amide bonds. The maximum atomic E-state index is 5.80. The minimum atomic E-state index is 0.601. The first-order chi connectivity index (χ1) is 5.65. The van der Waals surface area contributed by atoms with Gasteiger partial charge in [0.1, 0.15) is 5.76 Å². The van der Waals surface area contributed by atoms with E-state index in [1.54, 1.807) is 19.2 Å². The van der Waals surface area contributed by atoms with Gasteiger partial charge in [-0.15, -0.1) is 0 Å². The third-order valence-electron chi connectivity index (χ3n) is 1.48. The predicted molar refractivity (Wildman–Crippen MR) is 55.2 cm³/mol. The van der Waals surface area contributed by atoms with Crippen molar-refractivity contribution in [3.05, 3.63) is 39.8 Å². The summed E-state index contributed by atoms with van der Waals surface area (Å²) in [6.07, 6.45) is 0. The molecule has 0 unspecified atom stereocenters. The summed E-state index contributed by atoms with van der Waals surface area (Å²) in [5.74, 6) is 0.601. The van der Waals surface area contributed by atoms with Gasteiger partial charge in [-0.2, -0.15) is 0 Å². The molecular formula is C9H8BrClO. The number of ether oxygens (including phenoxy) is 1. The van der Waals surface area contributed by atoms with Crippen molar-refractivity contribution < 1.29 is 4.74 Å². The second-order valence-corrected chi connectivity index (χ2v) is 3.54. The molecule has 12 heavy (non-hydrogen) atoms. The van der Waals surface area contributed by atoms with Gasteiger partial charge in [-0.25, -0.2) is 0 Å². The molecule has 1 nitrogen and oxygen atoms in total. The summed E-state index contributed by atoms with van der Waals surface area (Å²) >= 11 is 9.17. The Morgan fingerprint density at radius 3 is 2.83 bits per heavy atom. The highest BCUT2D eigenvalue weighted by Gasteiger charge is 2.04. The van der Waals surface area contributed by atoms with Crippen LogP contribution in [0.1, 0.15) is 5.56 Å². The molecule has 0 saturated heterocycles. The Hall–Kier alpha value is -0.470. The molecule has 3 heteroatoms. The Morgan fingerprint density at radius 2 is 2.25 bits per heavy atom. The van der Waals surface area contributed by atoms with E-state index in [-0.39, 0.29) is 0 Å². The SMILES string of the molecule is C=C(OC)c1cc(Cl)ccc1Br. The van der Waals surface area contributed by atoms with Crippen molar-refractivity contribution >= 4 is 33.3 Å². The van der Waals surface area contributed by atoms with Crippen LogP contribution in [0, 0.1) is 0 Å². The molecule has 0 radical (unpaired) electrons. The Labute approximate surface area is 85.1 Å². The van der Waals surface area contributed by atoms with E-state index in [0.717, 1.165) is 10.0 Å². The molecule has 0 aliphatic carbocycles. The summed E-state index contributed by atoms with van der Waals surface area (Å²) in [5, 5.41) is 0.673. The third kappa shape index (κ3) is 2.02. The number of benzene rings is 1. The van der Waals surface area contributed by atoms with Crippen LogP contribution in [0.15, 0.2) is 29.3 Å². The molecule has 0 N–H and O–H groups in total. The Balaban J connectivity index is 3.13. The van der Waals surface area contributed by atoms with E-state index >= 15 is 0 Å². The molecule has 1 aromatic carbocycles. The van der Waals surface area contributed by atoms with E-state index in [9.17, 15) is 0 Å². The number of hydrogen-bond donors (Lipinski definition) is 0. The van der Waals surface area contributed by atoms with Gasteiger partial charge in [0.05, 0.1) is 7.11 Å². The lowest BCUT2D eigenvalue weighted by Gasteiger charge is -2.06. The molecule has 0 aliphatic heterocycles. The smallest absolute Gasteiger partial charge is 0.120 e. The molecule has 1 rings (SSSR count). The van der Waals surface area contributed by atoms with Crippen LogP contribution in [-0.2, 0) is 4.74 Å². The number of halogens is 2. The topological polar surface area (TPSA) is 9.23 Å². The standard InChI is InChI=1S/C9H8BrClO/c1-6(12-2)8-5-7(11)3-4-9(8)10/h3-5H,1H2,2H3. The summed E-state index contributed by atoms with van der Waals surface area (Å²) in [4.78, 5) is 0. The van der Waals surface area contributed by atoms with Crippen molar-refractivity contribution in [2.75, 3.05) is 7.11 Å². The molecule has 0 aromatic heterocycles. The van der Waals surface area contributed by atoms with Gasteiger partial charge in [0.2, 0.25) is 0 Å². The highest BCUT2D eigenvalue weighted by Crippen LogP contribution is 2.26. The van der Waals surface area contributed by atoms with E-state index in [0.29, 0.717) is 10.8 Å². The largest absolute Gasteiger partial charge is 0.497 e. The number of hydrogen-bond acceptors (Lipinski definition) is 1. The van der Waals surface area contributed by atoms with E-state index in [1.807, 2.05) is 6.07 Å². The van der Waals surface area contributed by atoms with Crippen molar-refractivity contribution in [2.45, 2.75) is 0 Å². The first kappa shape index (κ1) is 9.62. The fourth-order valence-corrected chi connectivity index (χ4v) is 1.46. The summed E-state index contributed by atoms with van der Waals surface area (Å²) in [6.45, 7) is 3.73. The molecule has 0 bridgehead atoms. The van der Waals surface area contributed by atoms with E-state index < -0.39 is 0 Å². The average Bonchev–Trinajstić information content (AvgIpc) is 2.08. The van der Waals surface area contributed by atoms with Crippen LogP contribution in [-0.4, -0.2) is 7.11 Å². The van der Waals surface area contributed by atoms with Gasteiger partial charge >= 0.3 is 0 Å². The van der Waals surface area contributed by atoms with Crippen LogP contribution in [0.25, 0.3) is 5.76 Å². The zero-order valence-corrected chi connectivity index (χ0v) is 8.95. The predicted octanol–water partition coefficient (Wildman–Crippen LogP) is 3.72. The lowest BCUT2D eigenvalue weighted by Crippen LogP contribution is -1.86. The summed E-state index contributed by atoms with van der Waals surface area (Å²) in [7, 11) is 1.58. The Kier molecular flexibility index (Phi) is 3.18. The highest BCUT2D eigenvalue weighted by molar-refractivity contribution is 9.10. The monoisotopic (exact) mass is 246 g/mol. The fraction of sp³-hybridized carbons (Fsp3) is 0.111. The minimum Gasteiger partial charge on any atom is -0.497 e.